The molecule has 1 nitrogen and oxygen atoms in total. The second kappa shape index (κ2) is 3.75. The SMILES string of the molecule is C/C(=C\[Si](C)(C)C(C)(C)C)CO. The summed E-state index contributed by atoms with van der Waals surface area (Å²) in [6, 6.07) is 0. The Morgan fingerprint density at radius 1 is 1.33 bits per heavy atom. The van der Waals surface area contributed by atoms with E-state index in [1.807, 2.05) is 6.92 Å². The van der Waals surface area contributed by atoms with Crippen molar-refractivity contribution in [2.45, 2.75) is 45.8 Å². The number of hydrogen-bond acceptors (Lipinski definition) is 1. The van der Waals surface area contributed by atoms with Crippen LogP contribution in [0.15, 0.2) is 11.3 Å². The van der Waals surface area contributed by atoms with E-state index in [4.69, 9.17) is 5.11 Å². The number of aliphatic hydroxyl groups excluding tert-OH is 1. The Morgan fingerprint density at radius 3 is 2.00 bits per heavy atom. The smallest absolute Gasteiger partial charge is 0.0770 e. The van der Waals surface area contributed by atoms with Crippen molar-refractivity contribution in [3.8, 4) is 0 Å². The predicted molar refractivity (Wildman–Crippen MR) is 58.0 cm³/mol. The molecule has 0 radical (unpaired) electrons. The molecule has 0 atom stereocenters. The Balaban J connectivity index is 4.64. The first-order chi connectivity index (χ1) is 5.20. The molecular formula is C10H22OSi. The fraction of sp³-hybridized carbons (Fsp3) is 0.800. The molecule has 12 heavy (non-hydrogen) atoms. The van der Waals surface area contributed by atoms with Crippen LogP contribution in [-0.2, 0) is 0 Å². The molecule has 0 rings (SSSR count). The van der Waals surface area contributed by atoms with Gasteiger partial charge in [-0.2, -0.15) is 0 Å². The van der Waals surface area contributed by atoms with E-state index in [0.717, 1.165) is 5.57 Å². The van der Waals surface area contributed by atoms with Gasteiger partial charge in [-0.05, 0) is 12.0 Å². The van der Waals surface area contributed by atoms with E-state index < -0.39 is 8.07 Å². The highest BCUT2D eigenvalue weighted by Crippen LogP contribution is 2.37. The number of aliphatic hydroxyl groups is 1. The molecule has 0 aromatic heterocycles. The third-order valence-electron chi connectivity index (χ3n) is 2.79. The summed E-state index contributed by atoms with van der Waals surface area (Å²) in [5, 5.41) is 9.30. The molecular weight excluding hydrogens is 164 g/mol. The lowest BCUT2D eigenvalue weighted by Crippen LogP contribution is -2.35. The van der Waals surface area contributed by atoms with E-state index in [0.29, 0.717) is 5.04 Å². The molecule has 0 heterocycles. The molecule has 0 amide bonds. The van der Waals surface area contributed by atoms with E-state index in [1.165, 1.54) is 0 Å². The molecule has 0 aromatic carbocycles. The zero-order valence-electron chi connectivity index (χ0n) is 9.23. The Kier molecular flexibility index (Phi) is 3.73. The third-order valence-corrected chi connectivity index (χ3v) is 7.87. The maximum absolute atomic E-state index is 8.92. The van der Waals surface area contributed by atoms with Crippen molar-refractivity contribution in [3.05, 3.63) is 11.3 Å². The molecule has 0 aliphatic carbocycles. The van der Waals surface area contributed by atoms with Crippen molar-refractivity contribution in [1.82, 2.24) is 0 Å². The second-order valence-electron chi connectivity index (χ2n) is 5.12. The summed E-state index contributed by atoms with van der Waals surface area (Å²) in [6.07, 6.45) is 0. The average molecular weight is 186 g/mol. The van der Waals surface area contributed by atoms with Crippen LogP contribution in [0.25, 0.3) is 0 Å². The number of rotatable bonds is 2. The lowest BCUT2D eigenvalue weighted by molar-refractivity contribution is 0.331. The first kappa shape index (κ1) is 11.9. The van der Waals surface area contributed by atoms with E-state index in [-0.39, 0.29) is 6.61 Å². The van der Waals surface area contributed by atoms with Crippen molar-refractivity contribution in [3.63, 3.8) is 0 Å². The van der Waals surface area contributed by atoms with Crippen molar-refractivity contribution in [2.75, 3.05) is 6.61 Å². The summed E-state index contributed by atoms with van der Waals surface area (Å²) >= 11 is 0. The van der Waals surface area contributed by atoms with Crippen molar-refractivity contribution >= 4 is 8.07 Å². The molecule has 1 N–H and O–H groups in total. The fourth-order valence-electron chi connectivity index (χ4n) is 0.878. The van der Waals surface area contributed by atoms with Gasteiger partial charge in [0.25, 0.3) is 0 Å². The van der Waals surface area contributed by atoms with Crippen LogP contribution in [0.3, 0.4) is 0 Å². The monoisotopic (exact) mass is 186 g/mol. The highest BCUT2D eigenvalue weighted by Gasteiger charge is 2.32. The first-order valence-electron chi connectivity index (χ1n) is 4.50. The van der Waals surface area contributed by atoms with Gasteiger partial charge in [0.15, 0.2) is 0 Å². The van der Waals surface area contributed by atoms with Gasteiger partial charge in [-0.1, -0.05) is 45.1 Å². The molecule has 72 valence electrons. The zero-order chi connectivity index (χ0) is 9.99. The highest BCUT2D eigenvalue weighted by molar-refractivity contribution is 6.84. The van der Waals surface area contributed by atoms with Crippen LogP contribution < -0.4 is 0 Å². The Hall–Kier alpha value is -0.0831. The van der Waals surface area contributed by atoms with Crippen molar-refractivity contribution in [2.24, 2.45) is 0 Å². The van der Waals surface area contributed by atoms with Crippen molar-refractivity contribution in [1.29, 1.82) is 0 Å². The maximum Gasteiger partial charge on any atom is 0.0770 e. The Bertz CT molecular complexity index is 175. The van der Waals surface area contributed by atoms with Gasteiger partial charge in [0, 0.05) is 0 Å². The van der Waals surface area contributed by atoms with Crippen LogP contribution in [0.5, 0.6) is 0 Å². The van der Waals surface area contributed by atoms with Gasteiger partial charge in [-0.15, -0.1) is 0 Å². The van der Waals surface area contributed by atoms with Crippen LogP contribution in [0.4, 0.5) is 0 Å². The lowest BCUT2D eigenvalue weighted by Gasteiger charge is -2.34. The highest BCUT2D eigenvalue weighted by atomic mass is 28.3. The topological polar surface area (TPSA) is 20.2 Å². The minimum absolute atomic E-state index is 0.201. The van der Waals surface area contributed by atoms with E-state index in [1.54, 1.807) is 0 Å². The van der Waals surface area contributed by atoms with E-state index in [9.17, 15) is 0 Å². The minimum Gasteiger partial charge on any atom is -0.392 e. The largest absolute Gasteiger partial charge is 0.392 e. The summed E-state index contributed by atoms with van der Waals surface area (Å²) in [5.41, 5.74) is 3.41. The average Bonchev–Trinajstić information content (AvgIpc) is 1.84. The molecule has 0 saturated heterocycles. The van der Waals surface area contributed by atoms with Crippen LogP contribution in [-0.4, -0.2) is 19.8 Å². The second-order valence-corrected chi connectivity index (χ2v) is 10.4. The van der Waals surface area contributed by atoms with Crippen LogP contribution in [0, 0.1) is 0 Å². The molecule has 0 bridgehead atoms. The summed E-state index contributed by atoms with van der Waals surface area (Å²) < 4.78 is 0. The minimum atomic E-state index is -1.31. The van der Waals surface area contributed by atoms with E-state index >= 15 is 0 Å². The van der Waals surface area contributed by atoms with Gasteiger partial charge in [0.05, 0.1) is 14.7 Å². The zero-order valence-corrected chi connectivity index (χ0v) is 10.2. The van der Waals surface area contributed by atoms with E-state index in [2.05, 4.69) is 39.6 Å². The Morgan fingerprint density at radius 2 is 1.75 bits per heavy atom. The molecule has 0 saturated carbocycles. The molecule has 0 aliphatic rings. The lowest BCUT2D eigenvalue weighted by atomic mass is 10.2. The fourth-order valence-corrected chi connectivity index (χ4v) is 2.63. The van der Waals surface area contributed by atoms with Gasteiger partial charge in [-0.25, -0.2) is 0 Å². The molecule has 0 spiro atoms. The number of hydrogen-bond donors (Lipinski definition) is 1. The van der Waals surface area contributed by atoms with Gasteiger partial charge in [0.2, 0.25) is 0 Å². The van der Waals surface area contributed by atoms with Gasteiger partial charge < -0.3 is 5.11 Å². The summed E-state index contributed by atoms with van der Waals surface area (Å²) in [6.45, 7) is 13.7. The summed E-state index contributed by atoms with van der Waals surface area (Å²) in [7, 11) is -1.31. The normalized spacial score (nSPS) is 15.1. The predicted octanol–water partition coefficient (Wildman–Crippen LogP) is 2.97. The van der Waals surface area contributed by atoms with Crippen LogP contribution in [0.2, 0.25) is 18.1 Å². The van der Waals surface area contributed by atoms with Crippen LogP contribution >= 0.6 is 0 Å². The van der Waals surface area contributed by atoms with Gasteiger partial charge in [-0.3, -0.25) is 0 Å². The van der Waals surface area contributed by atoms with Crippen LogP contribution in [0.1, 0.15) is 27.7 Å². The standard InChI is InChI=1S/C10H22OSi/c1-9(7-11)8-12(5,6)10(2,3)4/h8,11H,7H2,1-6H3/b9-8+. The third kappa shape index (κ3) is 3.11. The molecule has 0 aromatic rings. The molecule has 0 unspecified atom stereocenters. The molecule has 0 aliphatic heterocycles. The van der Waals surface area contributed by atoms with Gasteiger partial charge in [0.1, 0.15) is 0 Å². The Labute approximate surface area is 77.5 Å². The summed E-state index contributed by atoms with van der Waals surface area (Å²) in [5.74, 6) is 0. The molecule has 2 heteroatoms. The molecule has 0 fully saturated rings. The maximum atomic E-state index is 8.92. The van der Waals surface area contributed by atoms with Crippen molar-refractivity contribution < 1.29 is 5.11 Å². The quantitative estimate of drug-likeness (QED) is 0.657. The first-order valence-corrected chi connectivity index (χ1v) is 7.57. The summed E-state index contributed by atoms with van der Waals surface area (Å²) in [4.78, 5) is 0. The van der Waals surface area contributed by atoms with Gasteiger partial charge >= 0.3 is 0 Å².